The van der Waals surface area contributed by atoms with Crippen LogP contribution in [0.1, 0.15) is 39.5 Å². The lowest BCUT2D eigenvalue weighted by atomic mass is 10.0. The molecular weight excluding hydrogens is 148 g/mol. The standard InChI is InChI=1S/C11H20O/c1-7(2)3-4-8-9-5-6-10(12)11(8)9/h7-12H,3-6H2,1-2H3. The van der Waals surface area contributed by atoms with Gasteiger partial charge in [-0.2, -0.15) is 0 Å². The Morgan fingerprint density at radius 1 is 1.33 bits per heavy atom. The molecule has 12 heavy (non-hydrogen) atoms. The zero-order valence-electron chi connectivity index (χ0n) is 8.16. The minimum atomic E-state index is 0.0622. The highest BCUT2D eigenvalue weighted by atomic mass is 16.3. The Kier molecular flexibility index (Phi) is 2.16. The lowest BCUT2D eigenvalue weighted by molar-refractivity contribution is 0.148. The zero-order chi connectivity index (χ0) is 8.72. The quantitative estimate of drug-likeness (QED) is 0.686. The van der Waals surface area contributed by atoms with E-state index in [9.17, 15) is 5.11 Å². The maximum atomic E-state index is 9.58. The van der Waals surface area contributed by atoms with Crippen LogP contribution in [0, 0.1) is 23.7 Å². The topological polar surface area (TPSA) is 20.2 Å². The van der Waals surface area contributed by atoms with E-state index in [-0.39, 0.29) is 6.10 Å². The van der Waals surface area contributed by atoms with Crippen molar-refractivity contribution in [1.82, 2.24) is 0 Å². The molecule has 2 saturated carbocycles. The van der Waals surface area contributed by atoms with Crippen molar-refractivity contribution in [3.8, 4) is 0 Å². The Morgan fingerprint density at radius 2 is 2.08 bits per heavy atom. The highest BCUT2D eigenvalue weighted by Crippen LogP contribution is 2.59. The van der Waals surface area contributed by atoms with E-state index in [0.29, 0.717) is 5.92 Å². The first-order valence-electron chi connectivity index (χ1n) is 5.38. The molecule has 0 heterocycles. The molecule has 0 saturated heterocycles. The van der Waals surface area contributed by atoms with E-state index < -0.39 is 0 Å². The fourth-order valence-electron chi connectivity index (χ4n) is 2.94. The van der Waals surface area contributed by atoms with Gasteiger partial charge in [0.1, 0.15) is 0 Å². The Bertz CT molecular complexity index is 164. The number of hydrogen-bond donors (Lipinski definition) is 1. The summed E-state index contributed by atoms with van der Waals surface area (Å²) < 4.78 is 0. The van der Waals surface area contributed by atoms with E-state index in [2.05, 4.69) is 13.8 Å². The van der Waals surface area contributed by atoms with Crippen LogP contribution in [-0.4, -0.2) is 11.2 Å². The van der Waals surface area contributed by atoms with Gasteiger partial charge in [-0.05, 0) is 42.9 Å². The molecule has 0 radical (unpaired) electrons. The van der Waals surface area contributed by atoms with Gasteiger partial charge in [-0.15, -0.1) is 0 Å². The molecule has 1 N–H and O–H groups in total. The summed E-state index contributed by atoms with van der Waals surface area (Å²) in [6.07, 6.45) is 5.16. The zero-order valence-corrected chi connectivity index (χ0v) is 8.16. The van der Waals surface area contributed by atoms with Gasteiger partial charge in [-0.1, -0.05) is 20.3 Å². The van der Waals surface area contributed by atoms with Crippen LogP contribution in [0.25, 0.3) is 0 Å². The highest BCUT2D eigenvalue weighted by Gasteiger charge is 2.56. The third kappa shape index (κ3) is 1.39. The fourth-order valence-corrected chi connectivity index (χ4v) is 2.94. The van der Waals surface area contributed by atoms with Crippen molar-refractivity contribution in [3.05, 3.63) is 0 Å². The maximum absolute atomic E-state index is 9.58. The largest absolute Gasteiger partial charge is 0.393 e. The van der Waals surface area contributed by atoms with Crippen molar-refractivity contribution in [2.24, 2.45) is 23.7 Å². The number of aliphatic hydroxyl groups excluding tert-OH is 1. The van der Waals surface area contributed by atoms with E-state index in [0.717, 1.165) is 24.2 Å². The molecule has 0 aromatic heterocycles. The molecule has 4 unspecified atom stereocenters. The molecule has 0 amide bonds. The van der Waals surface area contributed by atoms with Crippen LogP contribution in [-0.2, 0) is 0 Å². The molecule has 2 rings (SSSR count). The summed E-state index contributed by atoms with van der Waals surface area (Å²) in [5.74, 6) is 3.36. The predicted octanol–water partition coefficient (Wildman–Crippen LogP) is 2.44. The van der Waals surface area contributed by atoms with Crippen molar-refractivity contribution >= 4 is 0 Å². The lowest BCUT2D eigenvalue weighted by Gasteiger charge is -2.08. The molecule has 0 aromatic carbocycles. The molecule has 0 bridgehead atoms. The Balaban J connectivity index is 1.73. The molecule has 2 aliphatic rings. The van der Waals surface area contributed by atoms with Gasteiger partial charge in [-0.25, -0.2) is 0 Å². The molecule has 2 aliphatic carbocycles. The van der Waals surface area contributed by atoms with Crippen LogP contribution < -0.4 is 0 Å². The number of rotatable bonds is 3. The summed E-state index contributed by atoms with van der Waals surface area (Å²) in [5, 5.41) is 9.58. The predicted molar refractivity (Wildman–Crippen MR) is 49.8 cm³/mol. The van der Waals surface area contributed by atoms with Crippen molar-refractivity contribution in [2.75, 3.05) is 0 Å². The number of hydrogen-bond acceptors (Lipinski definition) is 1. The summed E-state index contributed by atoms with van der Waals surface area (Å²) >= 11 is 0. The Hall–Kier alpha value is -0.0400. The summed E-state index contributed by atoms with van der Waals surface area (Å²) in [6.45, 7) is 4.57. The molecule has 4 atom stereocenters. The maximum Gasteiger partial charge on any atom is 0.0574 e. The minimum Gasteiger partial charge on any atom is -0.393 e. The van der Waals surface area contributed by atoms with Crippen LogP contribution in [0.5, 0.6) is 0 Å². The van der Waals surface area contributed by atoms with Crippen LogP contribution >= 0.6 is 0 Å². The van der Waals surface area contributed by atoms with Gasteiger partial charge in [0.25, 0.3) is 0 Å². The van der Waals surface area contributed by atoms with E-state index in [1.807, 2.05) is 0 Å². The second-order valence-corrected chi connectivity index (χ2v) is 5.02. The normalized spacial score (nSPS) is 45.0. The summed E-state index contributed by atoms with van der Waals surface area (Å²) in [7, 11) is 0. The third-order valence-electron chi connectivity index (χ3n) is 3.72. The van der Waals surface area contributed by atoms with Gasteiger partial charge in [0.05, 0.1) is 6.10 Å². The van der Waals surface area contributed by atoms with Gasteiger partial charge in [0, 0.05) is 0 Å². The van der Waals surface area contributed by atoms with Crippen molar-refractivity contribution in [3.63, 3.8) is 0 Å². The first-order valence-corrected chi connectivity index (χ1v) is 5.38. The lowest BCUT2D eigenvalue weighted by Crippen LogP contribution is -2.07. The van der Waals surface area contributed by atoms with Crippen LogP contribution in [0.15, 0.2) is 0 Å². The van der Waals surface area contributed by atoms with Crippen LogP contribution in [0.2, 0.25) is 0 Å². The molecule has 2 fully saturated rings. The van der Waals surface area contributed by atoms with Crippen LogP contribution in [0.3, 0.4) is 0 Å². The molecule has 1 nitrogen and oxygen atoms in total. The SMILES string of the molecule is CC(C)CCC1C2CCC(O)C12. The summed E-state index contributed by atoms with van der Waals surface area (Å²) in [4.78, 5) is 0. The average molecular weight is 168 g/mol. The van der Waals surface area contributed by atoms with Gasteiger partial charge in [0.2, 0.25) is 0 Å². The second kappa shape index (κ2) is 3.02. The van der Waals surface area contributed by atoms with E-state index in [1.165, 1.54) is 19.3 Å². The first-order chi connectivity index (χ1) is 5.70. The molecule has 0 aromatic rings. The smallest absolute Gasteiger partial charge is 0.0574 e. The molecule has 0 spiro atoms. The van der Waals surface area contributed by atoms with Gasteiger partial charge in [0.15, 0.2) is 0 Å². The van der Waals surface area contributed by atoms with E-state index in [4.69, 9.17) is 0 Å². The second-order valence-electron chi connectivity index (χ2n) is 5.02. The molecule has 0 aliphatic heterocycles. The summed E-state index contributed by atoms with van der Waals surface area (Å²) in [5.41, 5.74) is 0. The fraction of sp³-hybridized carbons (Fsp3) is 1.00. The Labute approximate surface area is 75.2 Å². The van der Waals surface area contributed by atoms with Gasteiger partial charge < -0.3 is 5.11 Å². The number of aliphatic hydroxyl groups is 1. The highest BCUT2D eigenvalue weighted by molar-refractivity contribution is 5.05. The monoisotopic (exact) mass is 168 g/mol. The van der Waals surface area contributed by atoms with E-state index >= 15 is 0 Å². The third-order valence-corrected chi connectivity index (χ3v) is 3.72. The average Bonchev–Trinajstić information content (AvgIpc) is 2.58. The van der Waals surface area contributed by atoms with Gasteiger partial charge in [-0.3, -0.25) is 0 Å². The van der Waals surface area contributed by atoms with Crippen molar-refractivity contribution in [1.29, 1.82) is 0 Å². The van der Waals surface area contributed by atoms with Crippen molar-refractivity contribution in [2.45, 2.75) is 45.6 Å². The Morgan fingerprint density at radius 3 is 2.58 bits per heavy atom. The minimum absolute atomic E-state index is 0.0622. The van der Waals surface area contributed by atoms with Gasteiger partial charge >= 0.3 is 0 Å². The molecule has 70 valence electrons. The molecule has 1 heteroatoms. The molecular formula is C11H20O. The van der Waals surface area contributed by atoms with E-state index in [1.54, 1.807) is 0 Å². The first kappa shape index (κ1) is 8.55. The van der Waals surface area contributed by atoms with Crippen LogP contribution in [0.4, 0.5) is 0 Å². The summed E-state index contributed by atoms with van der Waals surface area (Å²) in [6, 6.07) is 0. The van der Waals surface area contributed by atoms with Crippen molar-refractivity contribution < 1.29 is 5.11 Å². The number of fused-ring (bicyclic) bond motifs is 1.